The highest BCUT2D eigenvalue weighted by Gasteiger charge is 2.10. The highest BCUT2D eigenvalue weighted by molar-refractivity contribution is 9.10. The number of nitrogens with zero attached hydrogens (tertiary/aromatic N) is 1. The summed E-state index contributed by atoms with van der Waals surface area (Å²) in [5, 5.41) is 6.49. The van der Waals surface area contributed by atoms with Crippen molar-refractivity contribution in [2.45, 2.75) is 19.5 Å². The number of aromatic nitrogens is 1. The number of furan rings is 1. The molecule has 0 saturated heterocycles. The molecule has 2 heterocycles. The Kier molecular flexibility index (Phi) is 4.53. The predicted molar refractivity (Wildman–Crippen MR) is 89.2 cm³/mol. The van der Waals surface area contributed by atoms with Gasteiger partial charge in [-0.3, -0.25) is 0 Å². The minimum absolute atomic E-state index is 0.259. The first-order chi connectivity index (χ1) is 10.2. The second-order valence-corrected chi connectivity index (χ2v) is 6.46. The molecule has 1 aromatic carbocycles. The van der Waals surface area contributed by atoms with E-state index < -0.39 is 0 Å². The third-order valence-corrected chi connectivity index (χ3v) is 4.87. The third kappa shape index (κ3) is 3.43. The molecule has 0 aliphatic carbocycles. The Hall–Kier alpha value is -1.43. The van der Waals surface area contributed by atoms with Gasteiger partial charge >= 0.3 is 0 Å². The van der Waals surface area contributed by atoms with Gasteiger partial charge in [0.2, 0.25) is 0 Å². The zero-order chi connectivity index (χ0) is 14.7. The van der Waals surface area contributed by atoms with Crippen molar-refractivity contribution in [3.8, 4) is 10.8 Å². The van der Waals surface area contributed by atoms with Crippen LogP contribution in [0.2, 0.25) is 0 Å². The second-order valence-electron chi connectivity index (χ2n) is 4.75. The summed E-state index contributed by atoms with van der Waals surface area (Å²) in [6.45, 7) is 2.89. The van der Waals surface area contributed by atoms with Crippen LogP contribution in [-0.2, 0) is 6.54 Å². The molecule has 3 rings (SSSR count). The van der Waals surface area contributed by atoms with Crippen LogP contribution >= 0.6 is 27.3 Å². The van der Waals surface area contributed by atoms with E-state index >= 15 is 0 Å². The van der Waals surface area contributed by atoms with E-state index in [0.29, 0.717) is 0 Å². The summed E-state index contributed by atoms with van der Waals surface area (Å²) in [6.07, 6.45) is 1.67. The Morgan fingerprint density at radius 2 is 2.14 bits per heavy atom. The molecule has 1 atom stereocenters. The molecular formula is C16H15BrN2OS. The monoisotopic (exact) mass is 362 g/mol. The molecule has 1 N–H and O–H groups in total. The average molecular weight is 363 g/mol. The van der Waals surface area contributed by atoms with Crippen molar-refractivity contribution < 1.29 is 4.42 Å². The largest absolute Gasteiger partial charge is 0.462 e. The standard InChI is InChI=1S/C16H15BrN2OS/c1-11(13-5-2-3-6-14(13)17)18-9-12-10-21-16(19-12)15-7-4-8-20-15/h2-8,10-11,18H,9H2,1H3. The first-order valence-corrected chi connectivity index (χ1v) is 8.37. The summed E-state index contributed by atoms with van der Waals surface area (Å²) in [6, 6.07) is 12.3. The molecular weight excluding hydrogens is 348 g/mol. The molecule has 0 amide bonds. The van der Waals surface area contributed by atoms with E-state index in [1.807, 2.05) is 18.2 Å². The summed E-state index contributed by atoms with van der Waals surface area (Å²) in [7, 11) is 0. The number of nitrogens with one attached hydrogen (secondary N) is 1. The van der Waals surface area contributed by atoms with Crippen molar-refractivity contribution in [1.82, 2.24) is 10.3 Å². The maximum Gasteiger partial charge on any atom is 0.162 e. The fraction of sp³-hybridized carbons (Fsp3) is 0.188. The summed E-state index contributed by atoms with van der Waals surface area (Å²) >= 11 is 5.19. The van der Waals surface area contributed by atoms with Gasteiger partial charge in [0.15, 0.2) is 10.8 Å². The number of halogens is 1. The van der Waals surface area contributed by atoms with Crippen molar-refractivity contribution >= 4 is 27.3 Å². The fourth-order valence-electron chi connectivity index (χ4n) is 2.10. The number of rotatable bonds is 5. The van der Waals surface area contributed by atoms with E-state index in [1.54, 1.807) is 17.6 Å². The first kappa shape index (κ1) is 14.5. The molecule has 0 spiro atoms. The van der Waals surface area contributed by atoms with Gasteiger partial charge in [0.25, 0.3) is 0 Å². The molecule has 0 aliphatic rings. The van der Waals surface area contributed by atoms with E-state index in [2.05, 4.69) is 56.7 Å². The first-order valence-electron chi connectivity index (χ1n) is 6.70. The van der Waals surface area contributed by atoms with Crippen LogP contribution in [0.25, 0.3) is 10.8 Å². The number of benzene rings is 1. The molecule has 0 fully saturated rings. The third-order valence-electron chi connectivity index (χ3n) is 3.24. The molecule has 1 unspecified atom stereocenters. The van der Waals surface area contributed by atoms with Gasteiger partial charge in [-0.1, -0.05) is 34.1 Å². The highest BCUT2D eigenvalue weighted by Crippen LogP contribution is 2.25. The molecule has 108 valence electrons. The van der Waals surface area contributed by atoms with Crippen molar-refractivity contribution in [3.05, 3.63) is 63.8 Å². The maximum atomic E-state index is 5.36. The van der Waals surface area contributed by atoms with Crippen LogP contribution in [0.4, 0.5) is 0 Å². The van der Waals surface area contributed by atoms with Gasteiger partial charge in [0, 0.05) is 22.4 Å². The molecule has 0 radical (unpaired) electrons. The summed E-state index contributed by atoms with van der Waals surface area (Å²) in [4.78, 5) is 4.59. The van der Waals surface area contributed by atoms with Gasteiger partial charge in [-0.25, -0.2) is 4.98 Å². The quantitative estimate of drug-likeness (QED) is 0.692. The normalized spacial score (nSPS) is 12.5. The van der Waals surface area contributed by atoms with Gasteiger partial charge in [0.1, 0.15) is 0 Å². The number of hydrogen-bond donors (Lipinski definition) is 1. The number of hydrogen-bond acceptors (Lipinski definition) is 4. The zero-order valence-electron chi connectivity index (χ0n) is 11.5. The highest BCUT2D eigenvalue weighted by atomic mass is 79.9. The lowest BCUT2D eigenvalue weighted by atomic mass is 10.1. The van der Waals surface area contributed by atoms with Crippen molar-refractivity contribution in [1.29, 1.82) is 0 Å². The van der Waals surface area contributed by atoms with E-state index in [4.69, 9.17) is 4.42 Å². The molecule has 5 heteroatoms. The Balaban J connectivity index is 1.64. The lowest BCUT2D eigenvalue weighted by molar-refractivity contribution is 0.565. The van der Waals surface area contributed by atoms with Crippen LogP contribution in [-0.4, -0.2) is 4.98 Å². The van der Waals surface area contributed by atoms with Crippen LogP contribution in [0, 0.1) is 0 Å². The summed E-state index contributed by atoms with van der Waals surface area (Å²) in [5.41, 5.74) is 2.28. The van der Waals surface area contributed by atoms with Crippen LogP contribution in [0.3, 0.4) is 0 Å². The smallest absolute Gasteiger partial charge is 0.162 e. The van der Waals surface area contributed by atoms with Gasteiger partial charge < -0.3 is 9.73 Å². The zero-order valence-corrected chi connectivity index (χ0v) is 13.9. The van der Waals surface area contributed by atoms with Crippen molar-refractivity contribution in [3.63, 3.8) is 0 Å². The Labute approximate surface area is 136 Å². The molecule has 0 bridgehead atoms. The molecule has 0 saturated carbocycles. The van der Waals surface area contributed by atoms with E-state index in [0.717, 1.165) is 27.5 Å². The van der Waals surface area contributed by atoms with Gasteiger partial charge in [-0.05, 0) is 30.7 Å². The van der Waals surface area contributed by atoms with Crippen LogP contribution in [0.5, 0.6) is 0 Å². The summed E-state index contributed by atoms with van der Waals surface area (Å²) in [5.74, 6) is 0.824. The van der Waals surface area contributed by atoms with Gasteiger partial charge in [-0.2, -0.15) is 0 Å². The lowest BCUT2D eigenvalue weighted by Crippen LogP contribution is -2.18. The topological polar surface area (TPSA) is 38.1 Å². The second kappa shape index (κ2) is 6.56. The predicted octanol–water partition coefficient (Wildman–Crippen LogP) is 5.02. The van der Waals surface area contributed by atoms with Crippen molar-refractivity contribution in [2.75, 3.05) is 0 Å². The Bertz CT molecular complexity index is 709. The van der Waals surface area contributed by atoms with Crippen molar-refractivity contribution in [2.24, 2.45) is 0 Å². The maximum absolute atomic E-state index is 5.36. The molecule has 3 aromatic rings. The average Bonchev–Trinajstić information content (AvgIpc) is 3.16. The van der Waals surface area contributed by atoms with Crippen LogP contribution in [0.15, 0.2) is 56.9 Å². The SMILES string of the molecule is CC(NCc1csc(-c2ccco2)n1)c1ccccc1Br. The lowest BCUT2D eigenvalue weighted by Gasteiger charge is -2.14. The van der Waals surface area contributed by atoms with E-state index in [9.17, 15) is 0 Å². The molecule has 0 aliphatic heterocycles. The van der Waals surface area contributed by atoms with Gasteiger partial charge in [0.05, 0.1) is 12.0 Å². The Morgan fingerprint density at radius 1 is 1.29 bits per heavy atom. The summed E-state index contributed by atoms with van der Waals surface area (Å²) < 4.78 is 6.49. The molecule has 2 aromatic heterocycles. The molecule has 3 nitrogen and oxygen atoms in total. The molecule has 21 heavy (non-hydrogen) atoms. The van der Waals surface area contributed by atoms with Gasteiger partial charge in [-0.15, -0.1) is 11.3 Å². The fourth-order valence-corrected chi connectivity index (χ4v) is 3.51. The number of thiazole rings is 1. The minimum atomic E-state index is 0.259. The van der Waals surface area contributed by atoms with Crippen LogP contribution in [0.1, 0.15) is 24.2 Å². The van der Waals surface area contributed by atoms with E-state index in [1.165, 1.54) is 5.56 Å². The van der Waals surface area contributed by atoms with E-state index in [-0.39, 0.29) is 6.04 Å². The Morgan fingerprint density at radius 3 is 2.90 bits per heavy atom. The minimum Gasteiger partial charge on any atom is -0.462 e. The van der Waals surface area contributed by atoms with Crippen LogP contribution < -0.4 is 5.32 Å².